The minimum absolute atomic E-state index is 0.257. The van der Waals surface area contributed by atoms with Gasteiger partial charge in [-0.1, -0.05) is 6.07 Å². The number of amides is 2. The lowest BCUT2D eigenvalue weighted by Gasteiger charge is -2.08. The normalized spacial score (nSPS) is 10.6. The molecule has 4 rings (SSSR count). The first-order valence-electron chi connectivity index (χ1n) is 9.25. The summed E-state index contributed by atoms with van der Waals surface area (Å²) in [5.41, 5.74) is 3.47. The first-order valence-corrected chi connectivity index (χ1v) is 9.25. The second-order valence-electron chi connectivity index (χ2n) is 6.64. The molecule has 30 heavy (non-hydrogen) atoms. The molecule has 0 atom stereocenters. The fourth-order valence-corrected chi connectivity index (χ4v) is 2.90. The van der Waals surface area contributed by atoms with Crippen molar-refractivity contribution in [2.45, 2.75) is 6.92 Å². The fourth-order valence-electron chi connectivity index (χ4n) is 2.90. The van der Waals surface area contributed by atoms with Crippen molar-refractivity contribution in [3.8, 4) is 11.5 Å². The smallest absolute Gasteiger partial charge is 0.269 e. The van der Waals surface area contributed by atoms with Crippen LogP contribution in [0.1, 0.15) is 26.4 Å². The van der Waals surface area contributed by atoms with Gasteiger partial charge in [-0.05, 0) is 55.0 Å². The number of ether oxygens (including phenoxy) is 1. The Kier molecular flexibility index (Phi) is 5.13. The van der Waals surface area contributed by atoms with E-state index >= 15 is 0 Å². The van der Waals surface area contributed by atoms with Gasteiger partial charge in [-0.25, -0.2) is 4.98 Å². The molecule has 0 aliphatic heterocycles. The van der Waals surface area contributed by atoms with E-state index in [2.05, 4.69) is 25.6 Å². The molecule has 8 heteroatoms. The second kappa shape index (κ2) is 8.04. The SMILES string of the molecule is CNC(=O)c1cc(Oc2ccc(C(=O)Nc3nc4ccc(C)cc4[nH]3)cc2)ccn1. The highest BCUT2D eigenvalue weighted by molar-refractivity contribution is 6.04. The van der Waals surface area contributed by atoms with E-state index in [4.69, 9.17) is 4.74 Å². The van der Waals surface area contributed by atoms with Crippen LogP contribution < -0.4 is 15.4 Å². The largest absolute Gasteiger partial charge is 0.457 e. The van der Waals surface area contributed by atoms with Crippen molar-refractivity contribution in [3.05, 3.63) is 77.6 Å². The van der Waals surface area contributed by atoms with Crippen LogP contribution in [0.5, 0.6) is 11.5 Å². The number of nitrogens with zero attached hydrogens (tertiary/aromatic N) is 2. The highest BCUT2D eigenvalue weighted by atomic mass is 16.5. The Balaban J connectivity index is 1.45. The topological polar surface area (TPSA) is 109 Å². The van der Waals surface area contributed by atoms with E-state index in [0.717, 1.165) is 16.6 Å². The monoisotopic (exact) mass is 401 g/mol. The number of anilines is 1. The minimum Gasteiger partial charge on any atom is -0.457 e. The molecule has 0 aliphatic rings. The molecular formula is C22H19N5O3. The van der Waals surface area contributed by atoms with Gasteiger partial charge < -0.3 is 15.0 Å². The molecule has 2 aromatic heterocycles. The highest BCUT2D eigenvalue weighted by Crippen LogP contribution is 2.22. The number of carbonyl (C=O) groups is 2. The number of hydrogen-bond donors (Lipinski definition) is 3. The summed E-state index contributed by atoms with van der Waals surface area (Å²) < 4.78 is 5.75. The Morgan fingerprint density at radius 2 is 1.77 bits per heavy atom. The lowest BCUT2D eigenvalue weighted by molar-refractivity contribution is 0.0957. The molecule has 0 radical (unpaired) electrons. The van der Waals surface area contributed by atoms with E-state index < -0.39 is 0 Å². The molecule has 8 nitrogen and oxygen atoms in total. The van der Waals surface area contributed by atoms with Gasteiger partial charge in [0.1, 0.15) is 17.2 Å². The van der Waals surface area contributed by atoms with E-state index in [1.165, 1.54) is 13.2 Å². The van der Waals surface area contributed by atoms with Crippen molar-refractivity contribution < 1.29 is 14.3 Å². The summed E-state index contributed by atoms with van der Waals surface area (Å²) in [5.74, 6) is 0.800. The quantitative estimate of drug-likeness (QED) is 0.473. The zero-order valence-corrected chi connectivity index (χ0v) is 16.4. The predicted octanol–water partition coefficient (Wildman–Crippen LogP) is 3.67. The van der Waals surface area contributed by atoms with Crippen LogP contribution >= 0.6 is 0 Å². The number of aromatic amines is 1. The number of fused-ring (bicyclic) bond motifs is 1. The molecule has 2 aromatic carbocycles. The van der Waals surface area contributed by atoms with Crippen molar-refractivity contribution >= 4 is 28.8 Å². The number of imidazole rings is 1. The van der Waals surface area contributed by atoms with Crippen molar-refractivity contribution in [1.82, 2.24) is 20.3 Å². The predicted molar refractivity (Wildman–Crippen MR) is 113 cm³/mol. The third-order valence-electron chi connectivity index (χ3n) is 4.41. The summed E-state index contributed by atoms with van der Waals surface area (Å²) in [5, 5.41) is 5.28. The van der Waals surface area contributed by atoms with Gasteiger partial charge in [-0.15, -0.1) is 0 Å². The Labute approximate surface area is 172 Å². The zero-order valence-electron chi connectivity index (χ0n) is 16.4. The summed E-state index contributed by atoms with van der Waals surface area (Å²) in [4.78, 5) is 35.7. The van der Waals surface area contributed by atoms with E-state index in [1.807, 2.05) is 25.1 Å². The average Bonchev–Trinajstić information content (AvgIpc) is 3.15. The van der Waals surface area contributed by atoms with Gasteiger partial charge in [-0.3, -0.25) is 19.9 Å². The zero-order chi connectivity index (χ0) is 21.1. The number of carbonyl (C=O) groups excluding carboxylic acids is 2. The second-order valence-corrected chi connectivity index (χ2v) is 6.64. The van der Waals surface area contributed by atoms with Crippen LogP contribution in [0.4, 0.5) is 5.95 Å². The van der Waals surface area contributed by atoms with Crippen molar-refractivity contribution in [1.29, 1.82) is 0 Å². The Bertz CT molecular complexity index is 1230. The van der Waals surface area contributed by atoms with Gasteiger partial charge in [0, 0.05) is 24.9 Å². The summed E-state index contributed by atoms with van der Waals surface area (Å²) in [6, 6.07) is 15.7. The van der Waals surface area contributed by atoms with Crippen LogP contribution in [-0.4, -0.2) is 33.8 Å². The van der Waals surface area contributed by atoms with Crippen LogP contribution in [-0.2, 0) is 0 Å². The van der Waals surface area contributed by atoms with E-state index in [0.29, 0.717) is 23.0 Å². The van der Waals surface area contributed by atoms with Crippen molar-refractivity contribution in [2.75, 3.05) is 12.4 Å². The summed E-state index contributed by atoms with van der Waals surface area (Å²) in [7, 11) is 1.54. The van der Waals surface area contributed by atoms with Gasteiger partial charge >= 0.3 is 0 Å². The van der Waals surface area contributed by atoms with E-state index in [1.54, 1.807) is 36.4 Å². The molecule has 0 bridgehead atoms. The van der Waals surface area contributed by atoms with Gasteiger partial charge in [-0.2, -0.15) is 0 Å². The molecule has 2 amide bonds. The van der Waals surface area contributed by atoms with Crippen LogP contribution in [0.15, 0.2) is 60.8 Å². The molecule has 0 saturated heterocycles. The molecule has 0 unspecified atom stereocenters. The number of nitrogens with one attached hydrogen (secondary N) is 3. The average molecular weight is 401 g/mol. The molecule has 4 aromatic rings. The maximum absolute atomic E-state index is 12.5. The standard InChI is InChI=1S/C22H19N5O3/c1-13-3-8-17-18(11-13)26-22(25-17)27-20(28)14-4-6-15(7-5-14)30-16-9-10-24-19(12-16)21(29)23-2/h3-12H,1-2H3,(H,23,29)(H2,25,26,27,28). The van der Waals surface area contributed by atoms with Crippen LogP contribution in [0.25, 0.3) is 11.0 Å². The maximum Gasteiger partial charge on any atom is 0.269 e. The van der Waals surface area contributed by atoms with Gasteiger partial charge in [0.05, 0.1) is 11.0 Å². The fraction of sp³-hybridized carbons (Fsp3) is 0.0909. The number of aryl methyl sites for hydroxylation is 1. The number of benzene rings is 2. The Morgan fingerprint density at radius 3 is 2.53 bits per heavy atom. The minimum atomic E-state index is -0.298. The Hall–Kier alpha value is -4.20. The number of rotatable bonds is 5. The molecule has 150 valence electrons. The number of H-pyrrole nitrogens is 1. The number of pyridine rings is 1. The van der Waals surface area contributed by atoms with Crippen LogP contribution in [0.2, 0.25) is 0 Å². The maximum atomic E-state index is 12.5. The molecule has 2 heterocycles. The first-order chi connectivity index (χ1) is 14.5. The van der Waals surface area contributed by atoms with E-state index in [9.17, 15) is 9.59 Å². The van der Waals surface area contributed by atoms with Crippen LogP contribution in [0.3, 0.4) is 0 Å². The summed E-state index contributed by atoms with van der Waals surface area (Å²) in [6.45, 7) is 1.99. The van der Waals surface area contributed by atoms with Gasteiger partial charge in [0.15, 0.2) is 0 Å². The molecule has 0 saturated carbocycles. The summed E-state index contributed by atoms with van der Waals surface area (Å²) in [6.07, 6.45) is 1.50. The van der Waals surface area contributed by atoms with E-state index in [-0.39, 0.29) is 17.5 Å². The van der Waals surface area contributed by atoms with Crippen molar-refractivity contribution in [2.24, 2.45) is 0 Å². The molecule has 3 N–H and O–H groups in total. The molecule has 0 aliphatic carbocycles. The summed E-state index contributed by atoms with van der Waals surface area (Å²) >= 11 is 0. The Morgan fingerprint density at radius 1 is 0.967 bits per heavy atom. The highest BCUT2D eigenvalue weighted by Gasteiger charge is 2.11. The molecule has 0 fully saturated rings. The number of aromatic nitrogens is 3. The molecule has 0 spiro atoms. The van der Waals surface area contributed by atoms with Gasteiger partial charge in [0.25, 0.3) is 11.8 Å². The molecular weight excluding hydrogens is 382 g/mol. The van der Waals surface area contributed by atoms with Crippen molar-refractivity contribution in [3.63, 3.8) is 0 Å². The third-order valence-corrected chi connectivity index (χ3v) is 4.41. The van der Waals surface area contributed by atoms with Gasteiger partial charge in [0.2, 0.25) is 5.95 Å². The number of hydrogen-bond acceptors (Lipinski definition) is 5. The first kappa shape index (κ1) is 19.1. The third kappa shape index (κ3) is 4.12. The lowest BCUT2D eigenvalue weighted by Crippen LogP contribution is -2.18. The lowest BCUT2D eigenvalue weighted by atomic mass is 10.2. The van der Waals surface area contributed by atoms with Crippen LogP contribution in [0, 0.1) is 6.92 Å².